The summed E-state index contributed by atoms with van der Waals surface area (Å²) in [5, 5.41) is 12.4. The predicted molar refractivity (Wildman–Crippen MR) is 121 cm³/mol. The number of fused-ring (bicyclic) bond motifs is 1. The number of carbonyl (C=O) groups excluding carboxylic acids is 1. The summed E-state index contributed by atoms with van der Waals surface area (Å²) in [7, 11) is 2.08. The third kappa shape index (κ3) is 4.09. The van der Waals surface area contributed by atoms with Crippen LogP contribution in [0.1, 0.15) is 43.0 Å². The Kier molecular flexibility index (Phi) is 5.35. The van der Waals surface area contributed by atoms with Gasteiger partial charge in [-0.15, -0.1) is 0 Å². The van der Waals surface area contributed by atoms with E-state index in [0.29, 0.717) is 0 Å². The number of allylic oxidation sites excluding steroid dienone is 1. The molecule has 1 aliphatic rings. The second kappa shape index (κ2) is 7.60. The fraction of sp³-hybridized carbons (Fsp3) is 0.280. The molecule has 0 saturated heterocycles. The van der Waals surface area contributed by atoms with Gasteiger partial charge in [0.1, 0.15) is 11.6 Å². The summed E-state index contributed by atoms with van der Waals surface area (Å²) in [6.45, 7) is 10.4. The molecule has 0 saturated carbocycles. The lowest BCUT2D eigenvalue weighted by molar-refractivity contribution is -0.112. The lowest BCUT2D eigenvalue weighted by atomic mass is 9.88. The lowest BCUT2D eigenvalue weighted by Crippen LogP contribution is -2.42. The molecular formula is C25H27N3O. The van der Waals surface area contributed by atoms with Crippen molar-refractivity contribution in [2.75, 3.05) is 17.3 Å². The minimum atomic E-state index is -0.400. The third-order valence-electron chi connectivity index (χ3n) is 5.55. The van der Waals surface area contributed by atoms with E-state index in [0.717, 1.165) is 33.6 Å². The van der Waals surface area contributed by atoms with E-state index in [-0.39, 0.29) is 11.1 Å². The van der Waals surface area contributed by atoms with Crippen molar-refractivity contribution in [1.29, 1.82) is 5.26 Å². The quantitative estimate of drug-likeness (QED) is 0.562. The molecule has 1 N–H and O–H groups in total. The highest BCUT2D eigenvalue weighted by Crippen LogP contribution is 2.38. The number of rotatable bonds is 3. The number of hydrogen-bond donors (Lipinski definition) is 1. The lowest BCUT2D eigenvalue weighted by Gasteiger charge is -2.40. The molecule has 0 aromatic heterocycles. The summed E-state index contributed by atoms with van der Waals surface area (Å²) in [5.74, 6) is -0.400. The maximum atomic E-state index is 12.7. The Morgan fingerprint density at radius 1 is 1.14 bits per heavy atom. The van der Waals surface area contributed by atoms with Crippen LogP contribution in [0, 0.1) is 25.2 Å². The van der Waals surface area contributed by atoms with Crippen molar-refractivity contribution in [1.82, 2.24) is 0 Å². The minimum Gasteiger partial charge on any atom is -0.366 e. The summed E-state index contributed by atoms with van der Waals surface area (Å²) < 4.78 is 0. The molecule has 4 nitrogen and oxygen atoms in total. The van der Waals surface area contributed by atoms with Gasteiger partial charge >= 0.3 is 0 Å². The van der Waals surface area contributed by atoms with Crippen LogP contribution in [0.5, 0.6) is 0 Å². The standard InChI is InChI=1S/C25H27N3O/c1-16-7-9-22(17(2)11-16)27-24(29)20(15-26)12-19-8-10-23-21(13-19)18(3)14-25(4,5)28(23)6/h7-14H,1-6H3,(H,27,29)/b20-12-. The van der Waals surface area contributed by atoms with Crippen LogP contribution in [0.4, 0.5) is 11.4 Å². The largest absolute Gasteiger partial charge is 0.366 e. The van der Waals surface area contributed by atoms with Crippen LogP contribution >= 0.6 is 0 Å². The van der Waals surface area contributed by atoms with E-state index in [1.165, 1.54) is 5.57 Å². The van der Waals surface area contributed by atoms with Gasteiger partial charge in [0, 0.05) is 24.0 Å². The first kappa shape index (κ1) is 20.4. The fourth-order valence-corrected chi connectivity index (χ4v) is 3.73. The Hall–Kier alpha value is -3.32. The molecule has 0 fully saturated rings. The van der Waals surface area contributed by atoms with Crippen molar-refractivity contribution >= 4 is 28.9 Å². The molecule has 0 radical (unpaired) electrons. The summed E-state index contributed by atoms with van der Waals surface area (Å²) in [6, 6.07) is 13.9. The molecule has 0 unspecified atom stereocenters. The van der Waals surface area contributed by atoms with Crippen molar-refractivity contribution in [3.05, 3.63) is 70.3 Å². The number of nitriles is 1. The average molecular weight is 386 g/mol. The Morgan fingerprint density at radius 2 is 1.86 bits per heavy atom. The van der Waals surface area contributed by atoms with Crippen molar-refractivity contribution in [3.63, 3.8) is 0 Å². The van der Waals surface area contributed by atoms with E-state index in [1.807, 2.05) is 50.2 Å². The number of benzene rings is 2. The molecular weight excluding hydrogens is 358 g/mol. The molecule has 0 atom stereocenters. The van der Waals surface area contributed by atoms with Gasteiger partial charge in [-0.25, -0.2) is 0 Å². The normalized spacial score (nSPS) is 15.3. The summed E-state index contributed by atoms with van der Waals surface area (Å²) in [6.07, 6.45) is 3.88. The van der Waals surface area contributed by atoms with Gasteiger partial charge in [0.25, 0.3) is 5.91 Å². The third-order valence-corrected chi connectivity index (χ3v) is 5.55. The zero-order valence-electron chi connectivity index (χ0n) is 17.9. The van der Waals surface area contributed by atoms with Crippen LogP contribution in [-0.2, 0) is 4.79 Å². The van der Waals surface area contributed by atoms with Gasteiger partial charge in [-0.2, -0.15) is 5.26 Å². The van der Waals surface area contributed by atoms with Crippen LogP contribution in [0.15, 0.2) is 48.0 Å². The van der Waals surface area contributed by atoms with Crippen molar-refractivity contribution < 1.29 is 4.79 Å². The molecule has 1 heterocycles. The fourth-order valence-electron chi connectivity index (χ4n) is 3.73. The van der Waals surface area contributed by atoms with Crippen molar-refractivity contribution in [2.45, 2.75) is 40.2 Å². The van der Waals surface area contributed by atoms with Crippen LogP contribution in [0.2, 0.25) is 0 Å². The SMILES string of the molecule is CC1=CC(C)(C)N(C)c2ccc(/C=C(/C#N)C(=O)Nc3ccc(C)cc3C)cc21. The maximum Gasteiger partial charge on any atom is 0.266 e. The molecule has 1 aliphatic heterocycles. The van der Waals surface area contributed by atoms with Gasteiger partial charge in [-0.1, -0.05) is 29.8 Å². The van der Waals surface area contributed by atoms with Crippen LogP contribution in [-0.4, -0.2) is 18.5 Å². The van der Waals surface area contributed by atoms with Gasteiger partial charge in [-0.05, 0) is 75.6 Å². The number of nitrogens with one attached hydrogen (secondary N) is 1. The van der Waals surface area contributed by atoms with E-state index in [2.05, 4.69) is 50.2 Å². The Bertz CT molecular complexity index is 1080. The Labute approximate surface area is 173 Å². The van der Waals surface area contributed by atoms with Crippen LogP contribution < -0.4 is 10.2 Å². The van der Waals surface area contributed by atoms with E-state index in [4.69, 9.17) is 0 Å². The zero-order valence-corrected chi connectivity index (χ0v) is 17.9. The highest BCUT2D eigenvalue weighted by atomic mass is 16.1. The van der Waals surface area contributed by atoms with Crippen molar-refractivity contribution in [2.24, 2.45) is 0 Å². The molecule has 0 spiro atoms. The number of hydrogen-bond acceptors (Lipinski definition) is 3. The summed E-state index contributed by atoms with van der Waals surface area (Å²) in [4.78, 5) is 14.9. The predicted octanol–water partition coefficient (Wildman–Crippen LogP) is 5.48. The van der Waals surface area contributed by atoms with Gasteiger partial charge in [-0.3, -0.25) is 4.79 Å². The topological polar surface area (TPSA) is 56.1 Å². The van der Waals surface area contributed by atoms with Gasteiger partial charge in [0.2, 0.25) is 0 Å². The second-order valence-electron chi connectivity index (χ2n) is 8.26. The molecule has 4 heteroatoms. The van der Waals surface area contributed by atoms with Gasteiger partial charge < -0.3 is 10.2 Å². The Morgan fingerprint density at radius 3 is 2.52 bits per heavy atom. The minimum absolute atomic E-state index is 0.0575. The van der Waals surface area contributed by atoms with Crippen LogP contribution in [0.3, 0.4) is 0 Å². The molecule has 3 rings (SSSR count). The maximum absolute atomic E-state index is 12.7. The smallest absolute Gasteiger partial charge is 0.266 e. The van der Waals surface area contributed by atoms with Crippen LogP contribution in [0.25, 0.3) is 11.6 Å². The molecule has 148 valence electrons. The van der Waals surface area contributed by atoms with E-state index >= 15 is 0 Å². The highest BCUT2D eigenvalue weighted by Gasteiger charge is 2.28. The molecule has 2 aromatic rings. The number of aryl methyl sites for hydroxylation is 2. The van der Waals surface area contributed by atoms with Gasteiger partial charge in [0.15, 0.2) is 0 Å². The number of amides is 1. The number of anilines is 2. The molecule has 0 bridgehead atoms. The zero-order chi connectivity index (χ0) is 21.3. The molecule has 29 heavy (non-hydrogen) atoms. The average Bonchev–Trinajstić information content (AvgIpc) is 2.66. The first-order valence-corrected chi connectivity index (χ1v) is 9.70. The number of nitrogens with zero attached hydrogens (tertiary/aromatic N) is 2. The van der Waals surface area contributed by atoms with Crippen molar-refractivity contribution in [3.8, 4) is 6.07 Å². The first-order chi connectivity index (χ1) is 13.6. The summed E-state index contributed by atoms with van der Waals surface area (Å²) >= 11 is 0. The number of likely N-dealkylation sites (N-methyl/N-ethyl adjacent to an activating group) is 1. The van der Waals surface area contributed by atoms with E-state index in [9.17, 15) is 10.1 Å². The summed E-state index contributed by atoms with van der Waals surface area (Å²) in [5.41, 5.74) is 7.12. The van der Waals surface area contributed by atoms with E-state index in [1.54, 1.807) is 6.08 Å². The first-order valence-electron chi connectivity index (χ1n) is 9.70. The molecule has 0 aliphatic carbocycles. The van der Waals surface area contributed by atoms with E-state index < -0.39 is 5.91 Å². The monoisotopic (exact) mass is 385 g/mol. The second-order valence-corrected chi connectivity index (χ2v) is 8.26. The molecule has 1 amide bonds. The molecule has 2 aromatic carbocycles. The highest BCUT2D eigenvalue weighted by molar-refractivity contribution is 6.10. The number of carbonyl (C=O) groups is 1. The van der Waals surface area contributed by atoms with Gasteiger partial charge in [0.05, 0.1) is 5.54 Å². The Balaban J connectivity index is 1.91.